The maximum atomic E-state index is 13.4. The summed E-state index contributed by atoms with van der Waals surface area (Å²) in [5, 5.41) is 0. The molecule has 0 aliphatic heterocycles. The molecule has 1 aliphatic carbocycles. The molecule has 5 rings (SSSR count). The molecule has 1 fully saturated rings. The standard InChI is InChI=1S/C27H28FN3O2S/c28-23-14-10-22(11-15-23)27-30-25-8-4-5-9-26(25)31(27)19-18-29-34(32,33)24-16-12-21(13-17-24)20-6-2-1-3-7-20/h4-5,8-17,20,29H,1-3,6-7,18-19H2. The van der Waals surface area contributed by atoms with Crippen LogP contribution >= 0.6 is 0 Å². The van der Waals surface area contributed by atoms with Gasteiger partial charge in [-0.05, 0) is 72.9 Å². The van der Waals surface area contributed by atoms with E-state index in [1.165, 1.54) is 49.8 Å². The molecule has 5 nitrogen and oxygen atoms in total. The second-order valence-corrected chi connectivity index (χ2v) is 10.7. The van der Waals surface area contributed by atoms with E-state index < -0.39 is 10.0 Å². The molecule has 1 saturated carbocycles. The summed E-state index contributed by atoms with van der Waals surface area (Å²) in [7, 11) is -3.63. The Hall–Kier alpha value is -3.03. The molecule has 0 radical (unpaired) electrons. The minimum Gasteiger partial charge on any atom is -0.323 e. The van der Waals surface area contributed by atoms with E-state index in [-0.39, 0.29) is 17.3 Å². The van der Waals surface area contributed by atoms with Crippen molar-refractivity contribution in [3.63, 3.8) is 0 Å². The molecule has 1 N–H and O–H groups in total. The van der Waals surface area contributed by atoms with Gasteiger partial charge in [0.05, 0.1) is 15.9 Å². The predicted octanol–water partition coefficient (Wildman–Crippen LogP) is 5.87. The molecule has 4 aromatic rings. The summed E-state index contributed by atoms with van der Waals surface area (Å²) in [6.45, 7) is 0.605. The van der Waals surface area contributed by atoms with Crippen molar-refractivity contribution in [1.29, 1.82) is 0 Å². The number of rotatable bonds is 7. The minimum absolute atomic E-state index is 0.210. The Bertz CT molecular complexity index is 1370. The normalized spacial score (nSPS) is 15.1. The van der Waals surface area contributed by atoms with Crippen molar-refractivity contribution in [3.8, 4) is 11.4 Å². The summed E-state index contributed by atoms with van der Waals surface area (Å²) in [5.41, 5.74) is 3.71. The molecule has 1 heterocycles. The molecule has 0 saturated heterocycles. The molecule has 176 valence electrons. The van der Waals surface area contributed by atoms with Gasteiger partial charge in [-0.3, -0.25) is 0 Å². The van der Waals surface area contributed by atoms with Crippen molar-refractivity contribution in [2.24, 2.45) is 0 Å². The smallest absolute Gasteiger partial charge is 0.240 e. The zero-order chi connectivity index (χ0) is 23.5. The molecule has 3 aromatic carbocycles. The second-order valence-electron chi connectivity index (χ2n) is 8.88. The Labute approximate surface area is 199 Å². The minimum atomic E-state index is -3.63. The van der Waals surface area contributed by atoms with E-state index in [1.54, 1.807) is 24.3 Å². The van der Waals surface area contributed by atoms with E-state index >= 15 is 0 Å². The number of sulfonamides is 1. The van der Waals surface area contributed by atoms with Gasteiger partial charge in [0.1, 0.15) is 11.6 Å². The van der Waals surface area contributed by atoms with Crippen molar-refractivity contribution < 1.29 is 12.8 Å². The average molecular weight is 478 g/mol. The van der Waals surface area contributed by atoms with Gasteiger partial charge in [0, 0.05) is 18.7 Å². The van der Waals surface area contributed by atoms with Crippen LogP contribution in [0.2, 0.25) is 0 Å². The lowest BCUT2D eigenvalue weighted by molar-refractivity contribution is 0.443. The first-order valence-corrected chi connectivity index (χ1v) is 13.3. The number of imidazole rings is 1. The highest BCUT2D eigenvalue weighted by Crippen LogP contribution is 2.33. The summed E-state index contributed by atoms with van der Waals surface area (Å²) in [6, 6.07) is 21.2. The van der Waals surface area contributed by atoms with Gasteiger partial charge in [0.15, 0.2) is 0 Å². The van der Waals surface area contributed by atoms with Gasteiger partial charge < -0.3 is 4.57 Å². The van der Waals surface area contributed by atoms with Crippen molar-refractivity contribution in [2.75, 3.05) is 6.54 Å². The van der Waals surface area contributed by atoms with E-state index in [1.807, 2.05) is 41.0 Å². The monoisotopic (exact) mass is 477 g/mol. The molecule has 0 spiro atoms. The van der Waals surface area contributed by atoms with Gasteiger partial charge in [0.25, 0.3) is 0 Å². The predicted molar refractivity (Wildman–Crippen MR) is 133 cm³/mol. The fraction of sp³-hybridized carbons (Fsp3) is 0.296. The average Bonchev–Trinajstić information content (AvgIpc) is 3.23. The van der Waals surface area contributed by atoms with Crippen LogP contribution in [0.15, 0.2) is 77.7 Å². The largest absolute Gasteiger partial charge is 0.323 e. The lowest BCUT2D eigenvalue weighted by Gasteiger charge is -2.22. The highest BCUT2D eigenvalue weighted by atomic mass is 32.2. The maximum absolute atomic E-state index is 13.4. The van der Waals surface area contributed by atoms with Crippen LogP contribution < -0.4 is 4.72 Å². The Morgan fingerprint density at radius 2 is 1.62 bits per heavy atom. The van der Waals surface area contributed by atoms with E-state index in [2.05, 4.69) is 4.72 Å². The summed E-state index contributed by atoms with van der Waals surface area (Å²) >= 11 is 0. The number of fused-ring (bicyclic) bond motifs is 1. The van der Waals surface area contributed by atoms with Gasteiger partial charge in [-0.25, -0.2) is 22.5 Å². The lowest BCUT2D eigenvalue weighted by atomic mass is 9.84. The Morgan fingerprint density at radius 3 is 2.35 bits per heavy atom. The van der Waals surface area contributed by atoms with Crippen molar-refractivity contribution >= 4 is 21.1 Å². The van der Waals surface area contributed by atoms with E-state index in [9.17, 15) is 12.8 Å². The third-order valence-electron chi connectivity index (χ3n) is 6.65. The van der Waals surface area contributed by atoms with Crippen molar-refractivity contribution in [1.82, 2.24) is 14.3 Å². The molecule has 34 heavy (non-hydrogen) atoms. The first-order chi connectivity index (χ1) is 16.5. The van der Waals surface area contributed by atoms with Crippen LogP contribution in [0, 0.1) is 5.82 Å². The van der Waals surface area contributed by atoms with Gasteiger partial charge in [-0.15, -0.1) is 0 Å². The van der Waals surface area contributed by atoms with Crippen LogP contribution in [0.5, 0.6) is 0 Å². The van der Waals surface area contributed by atoms with Gasteiger partial charge >= 0.3 is 0 Å². The zero-order valence-corrected chi connectivity index (χ0v) is 19.8. The highest BCUT2D eigenvalue weighted by Gasteiger charge is 2.19. The number of hydrogen-bond donors (Lipinski definition) is 1. The molecule has 0 bridgehead atoms. The molecule has 0 unspecified atom stereocenters. The van der Waals surface area contributed by atoms with Crippen LogP contribution in [-0.4, -0.2) is 24.5 Å². The summed E-state index contributed by atoms with van der Waals surface area (Å²) < 4.78 is 44.0. The van der Waals surface area contributed by atoms with E-state index in [4.69, 9.17) is 4.98 Å². The first-order valence-electron chi connectivity index (χ1n) is 11.8. The van der Waals surface area contributed by atoms with Crippen LogP contribution in [0.25, 0.3) is 22.4 Å². The van der Waals surface area contributed by atoms with Crippen LogP contribution in [0.3, 0.4) is 0 Å². The topological polar surface area (TPSA) is 64.0 Å². The summed E-state index contributed by atoms with van der Waals surface area (Å²) in [4.78, 5) is 4.98. The van der Waals surface area contributed by atoms with Crippen LogP contribution in [-0.2, 0) is 16.6 Å². The number of nitrogens with zero attached hydrogens (tertiary/aromatic N) is 2. The van der Waals surface area contributed by atoms with Crippen LogP contribution in [0.1, 0.15) is 43.6 Å². The fourth-order valence-electron chi connectivity index (χ4n) is 4.85. The summed E-state index contributed by atoms with van der Waals surface area (Å²) in [6.07, 6.45) is 6.14. The number of hydrogen-bond acceptors (Lipinski definition) is 3. The molecular weight excluding hydrogens is 449 g/mol. The molecule has 1 aromatic heterocycles. The van der Waals surface area contributed by atoms with Crippen LogP contribution in [0.4, 0.5) is 4.39 Å². The van der Waals surface area contributed by atoms with Gasteiger partial charge in [0.2, 0.25) is 10.0 Å². The molecule has 7 heteroatoms. The maximum Gasteiger partial charge on any atom is 0.240 e. The number of benzene rings is 3. The van der Waals surface area contributed by atoms with Gasteiger partial charge in [-0.2, -0.15) is 0 Å². The fourth-order valence-corrected chi connectivity index (χ4v) is 5.87. The zero-order valence-electron chi connectivity index (χ0n) is 19.0. The number of aromatic nitrogens is 2. The first kappa shape index (κ1) is 22.7. The third-order valence-corrected chi connectivity index (χ3v) is 8.13. The number of nitrogens with one attached hydrogen (secondary N) is 1. The van der Waals surface area contributed by atoms with Crippen molar-refractivity contribution in [3.05, 3.63) is 84.2 Å². The second kappa shape index (κ2) is 9.68. The van der Waals surface area contributed by atoms with E-state index in [0.29, 0.717) is 18.3 Å². The lowest BCUT2D eigenvalue weighted by Crippen LogP contribution is -2.27. The van der Waals surface area contributed by atoms with E-state index in [0.717, 1.165) is 16.6 Å². The number of para-hydroxylation sites is 2. The Morgan fingerprint density at radius 1 is 0.912 bits per heavy atom. The summed E-state index contributed by atoms with van der Waals surface area (Å²) in [5.74, 6) is 0.906. The molecular formula is C27H28FN3O2S. The van der Waals surface area contributed by atoms with Gasteiger partial charge in [-0.1, -0.05) is 43.5 Å². The SMILES string of the molecule is O=S(=O)(NCCn1c(-c2ccc(F)cc2)nc2ccccc21)c1ccc(C2CCCCC2)cc1. The molecule has 0 atom stereocenters. The highest BCUT2D eigenvalue weighted by molar-refractivity contribution is 7.89. The number of halogens is 1. The Kier molecular flexibility index (Phi) is 6.48. The molecule has 0 amide bonds. The molecule has 1 aliphatic rings. The van der Waals surface area contributed by atoms with Crippen molar-refractivity contribution in [2.45, 2.75) is 49.5 Å². The Balaban J connectivity index is 1.32. The quantitative estimate of drug-likeness (QED) is 0.362. The third kappa shape index (κ3) is 4.76.